The van der Waals surface area contributed by atoms with Crippen LogP contribution in [-0.2, 0) is 20.5 Å². The number of carbonyl (C=O) groups excluding carboxylic acids is 3. The Morgan fingerprint density at radius 1 is 0.925 bits per heavy atom. The number of anilines is 1. The predicted octanol–water partition coefficient (Wildman–Crippen LogP) is 6.00. The first kappa shape index (κ1) is 27.8. The van der Waals surface area contributed by atoms with Crippen molar-refractivity contribution in [3.05, 3.63) is 98.8 Å². The van der Waals surface area contributed by atoms with Crippen molar-refractivity contribution in [3.8, 4) is 0 Å². The number of benzene rings is 3. The molecule has 1 fully saturated rings. The lowest BCUT2D eigenvalue weighted by molar-refractivity contribution is -0.147. The zero-order chi connectivity index (χ0) is 29.1. The Labute approximate surface area is 232 Å². The van der Waals surface area contributed by atoms with Gasteiger partial charge in [0.15, 0.2) is 0 Å². The van der Waals surface area contributed by atoms with Crippen LogP contribution in [0.5, 0.6) is 0 Å². The average Bonchev–Trinajstić information content (AvgIpc) is 3.35. The number of amides is 1. The smallest absolute Gasteiger partial charge is 0.419 e. The molecule has 1 aliphatic heterocycles. The molecule has 13 heteroatoms. The SMILES string of the molecule is O=C(Nc1ccc(C(F)(F)F)c(F)c1)C1C(c2ccc(Cl)c(Cl)c2)OC2(C(=O)c3ccccc3C2=O)C1C(=O)O. The molecule has 5 rings (SSSR count). The molecule has 1 amide bonds. The van der Waals surface area contributed by atoms with Crippen molar-refractivity contribution in [1.29, 1.82) is 0 Å². The highest BCUT2D eigenvalue weighted by Crippen LogP contribution is 2.54. The summed E-state index contributed by atoms with van der Waals surface area (Å²) in [5, 5.41) is 12.6. The molecular weight excluding hydrogens is 581 g/mol. The average molecular weight is 596 g/mol. The molecule has 1 heterocycles. The van der Waals surface area contributed by atoms with E-state index in [1.807, 2.05) is 0 Å². The van der Waals surface area contributed by atoms with Crippen LogP contribution in [0, 0.1) is 17.7 Å². The highest BCUT2D eigenvalue weighted by atomic mass is 35.5. The Morgan fingerprint density at radius 3 is 2.08 bits per heavy atom. The molecule has 2 N–H and O–H groups in total. The molecule has 1 saturated heterocycles. The van der Waals surface area contributed by atoms with E-state index in [-0.39, 0.29) is 26.7 Å². The molecule has 0 saturated carbocycles. The summed E-state index contributed by atoms with van der Waals surface area (Å²) in [4.78, 5) is 53.5. The number of fused-ring (bicyclic) bond motifs is 1. The van der Waals surface area contributed by atoms with Gasteiger partial charge in [-0.25, -0.2) is 4.39 Å². The molecule has 3 aromatic rings. The van der Waals surface area contributed by atoms with Crippen molar-refractivity contribution < 1.29 is 46.6 Å². The van der Waals surface area contributed by atoms with Gasteiger partial charge in [0, 0.05) is 16.8 Å². The van der Waals surface area contributed by atoms with E-state index in [2.05, 4.69) is 5.32 Å². The zero-order valence-electron chi connectivity index (χ0n) is 19.8. The summed E-state index contributed by atoms with van der Waals surface area (Å²) in [6.45, 7) is 0. The third-order valence-electron chi connectivity index (χ3n) is 6.91. The van der Waals surface area contributed by atoms with Crippen molar-refractivity contribution in [2.24, 2.45) is 11.8 Å². The van der Waals surface area contributed by atoms with E-state index < -0.39 is 70.2 Å². The van der Waals surface area contributed by atoms with Crippen molar-refractivity contribution in [2.45, 2.75) is 17.9 Å². The van der Waals surface area contributed by atoms with Gasteiger partial charge in [-0.3, -0.25) is 19.2 Å². The largest absolute Gasteiger partial charge is 0.481 e. The third-order valence-corrected chi connectivity index (χ3v) is 7.65. The van der Waals surface area contributed by atoms with Crippen LogP contribution >= 0.6 is 23.2 Å². The van der Waals surface area contributed by atoms with Crippen LogP contribution in [0.2, 0.25) is 10.0 Å². The van der Waals surface area contributed by atoms with Crippen LogP contribution in [0.3, 0.4) is 0 Å². The van der Waals surface area contributed by atoms with E-state index in [4.69, 9.17) is 27.9 Å². The second-order valence-corrected chi connectivity index (χ2v) is 9.99. The zero-order valence-corrected chi connectivity index (χ0v) is 21.3. The highest BCUT2D eigenvalue weighted by Gasteiger charge is 2.71. The summed E-state index contributed by atoms with van der Waals surface area (Å²) < 4.78 is 59.1. The summed E-state index contributed by atoms with van der Waals surface area (Å²) in [6.07, 6.45) is -6.55. The number of ether oxygens (including phenoxy) is 1. The standard InChI is InChI=1S/C27H15Cl2F4NO6/c28-16-8-5-11(9-17(16)29)21-19(24(37)34-12-6-7-15(18(30)10-12)27(31,32)33)20(25(38)39)26(40-21)22(35)13-3-1-2-4-14(13)23(26)36/h1-10,19-21H,(H,34,37)(H,38,39). The van der Waals surface area contributed by atoms with Gasteiger partial charge in [-0.15, -0.1) is 0 Å². The van der Waals surface area contributed by atoms with E-state index in [0.717, 1.165) is 6.07 Å². The van der Waals surface area contributed by atoms with Crippen LogP contribution in [0.15, 0.2) is 60.7 Å². The van der Waals surface area contributed by atoms with Crippen LogP contribution in [0.1, 0.15) is 37.9 Å². The van der Waals surface area contributed by atoms with Crippen molar-refractivity contribution in [2.75, 3.05) is 5.32 Å². The van der Waals surface area contributed by atoms with Crippen molar-refractivity contribution in [1.82, 2.24) is 0 Å². The molecule has 0 bridgehead atoms. The number of alkyl halides is 3. The van der Waals surface area contributed by atoms with Crippen molar-refractivity contribution in [3.63, 3.8) is 0 Å². The van der Waals surface area contributed by atoms with Gasteiger partial charge in [0.05, 0.1) is 27.6 Å². The molecule has 3 unspecified atom stereocenters. The second-order valence-electron chi connectivity index (χ2n) is 9.17. The highest BCUT2D eigenvalue weighted by molar-refractivity contribution is 6.42. The third kappa shape index (κ3) is 4.25. The Kier molecular flexibility index (Phi) is 6.72. The van der Waals surface area contributed by atoms with Gasteiger partial charge in [-0.2, -0.15) is 13.2 Å². The van der Waals surface area contributed by atoms with Gasteiger partial charge >= 0.3 is 12.1 Å². The maximum Gasteiger partial charge on any atom is 0.419 e. The monoisotopic (exact) mass is 595 g/mol. The number of halogens is 6. The predicted molar refractivity (Wildman–Crippen MR) is 133 cm³/mol. The molecule has 0 radical (unpaired) electrons. The van der Waals surface area contributed by atoms with Gasteiger partial charge < -0.3 is 15.2 Å². The van der Waals surface area contributed by atoms with E-state index in [1.54, 1.807) is 0 Å². The van der Waals surface area contributed by atoms with E-state index in [9.17, 15) is 41.8 Å². The normalized spacial score (nSPS) is 21.5. The molecule has 206 valence electrons. The van der Waals surface area contributed by atoms with Gasteiger partial charge in [0.25, 0.3) is 0 Å². The fraction of sp³-hybridized carbons (Fsp3) is 0.185. The van der Waals surface area contributed by atoms with Crippen LogP contribution in [0.4, 0.5) is 23.2 Å². The minimum atomic E-state index is -5.00. The first-order chi connectivity index (χ1) is 18.8. The Bertz CT molecular complexity index is 1570. The number of Topliss-reactive ketones (excluding diaryl/α,β-unsaturated/α-hetero) is 2. The lowest BCUT2D eigenvalue weighted by Crippen LogP contribution is -2.52. The number of rotatable bonds is 4. The number of carbonyl (C=O) groups is 4. The molecule has 7 nitrogen and oxygen atoms in total. The van der Waals surface area contributed by atoms with E-state index >= 15 is 0 Å². The number of nitrogens with one attached hydrogen (secondary N) is 1. The first-order valence-electron chi connectivity index (χ1n) is 11.5. The molecular formula is C27H15Cl2F4NO6. The fourth-order valence-electron chi connectivity index (χ4n) is 5.18. The van der Waals surface area contributed by atoms with E-state index in [0.29, 0.717) is 12.1 Å². The summed E-state index contributed by atoms with van der Waals surface area (Å²) in [5.74, 6) is -10.4. The summed E-state index contributed by atoms with van der Waals surface area (Å²) in [5.41, 5.74) is -4.76. The number of hydrogen-bond acceptors (Lipinski definition) is 5. The number of hydrogen-bond donors (Lipinski definition) is 2. The first-order valence-corrected chi connectivity index (χ1v) is 12.2. The Balaban J connectivity index is 1.63. The van der Waals surface area contributed by atoms with E-state index in [1.165, 1.54) is 42.5 Å². The maximum absolute atomic E-state index is 14.2. The van der Waals surface area contributed by atoms with Gasteiger partial charge in [0.1, 0.15) is 11.7 Å². The van der Waals surface area contributed by atoms with Crippen LogP contribution in [0.25, 0.3) is 0 Å². The fourth-order valence-corrected chi connectivity index (χ4v) is 5.48. The van der Waals surface area contributed by atoms with Crippen LogP contribution < -0.4 is 5.32 Å². The lowest BCUT2D eigenvalue weighted by Gasteiger charge is -2.25. The molecule has 0 aromatic heterocycles. The maximum atomic E-state index is 14.2. The minimum absolute atomic E-state index is 0.00748. The van der Waals surface area contributed by atoms with Gasteiger partial charge in [-0.1, -0.05) is 53.5 Å². The number of aliphatic carboxylic acids is 1. The summed E-state index contributed by atoms with van der Waals surface area (Å²) >= 11 is 12.1. The lowest BCUT2D eigenvalue weighted by atomic mass is 9.75. The molecule has 2 aliphatic rings. The summed E-state index contributed by atoms with van der Waals surface area (Å²) in [6, 6.07) is 11.1. The topological polar surface area (TPSA) is 110 Å². The van der Waals surface area contributed by atoms with Gasteiger partial charge in [0.2, 0.25) is 23.1 Å². The number of carboxylic acids is 1. The Morgan fingerprint density at radius 2 is 1.55 bits per heavy atom. The quantitative estimate of drug-likeness (QED) is 0.283. The molecule has 1 spiro atoms. The van der Waals surface area contributed by atoms with Crippen molar-refractivity contribution >= 4 is 52.3 Å². The number of ketones is 2. The minimum Gasteiger partial charge on any atom is -0.481 e. The number of carboxylic acid groups (broad SMARTS) is 1. The molecule has 40 heavy (non-hydrogen) atoms. The second kappa shape index (κ2) is 9.69. The van der Waals surface area contributed by atoms with Gasteiger partial charge in [-0.05, 0) is 35.9 Å². The Hall–Kier alpha value is -3.80. The molecule has 3 atom stereocenters. The summed E-state index contributed by atoms with van der Waals surface area (Å²) in [7, 11) is 0. The molecule has 3 aromatic carbocycles. The van der Waals surface area contributed by atoms with Crippen LogP contribution in [-0.4, -0.2) is 34.2 Å². The molecule has 1 aliphatic carbocycles.